The highest BCUT2D eigenvalue weighted by Gasteiger charge is 2.33. The summed E-state index contributed by atoms with van der Waals surface area (Å²) in [4.78, 5) is 31.6. The summed E-state index contributed by atoms with van der Waals surface area (Å²) in [5, 5.41) is 12.1. The van der Waals surface area contributed by atoms with Gasteiger partial charge in [-0.05, 0) is 48.4 Å². The van der Waals surface area contributed by atoms with Crippen LogP contribution in [0.25, 0.3) is 0 Å². The topological polar surface area (TPSA) is 87.5 Å². The van der Waals surface area contributed by atoms with Crippen LogP contribution in [0.3, 0.4) is 0 Å². The van der Waals surface area contributed by atoms with Crippen LogP contribution in [0.15, 0.2) is 60.8 Å². The van der Waals surface area contributed by atoms with Crippen LogP contribution in [0.4, 0.5) is 0 Å². The summed E-state index contributed by atoms with van der Waals surface area (Å²) < 4.78 is 2.14. The van der Waals surface area contributed by atoms with Crippen LogP contribution in [0.5, 0.6) is 0 Å². The number of carbonyl (C=O) groups is 2. The Hall–Kier alpha value is -3.45. The number of carboxylic acid groups (broad SMARTS) is 1. The van der Waals surface area contributed by atoms with E-state index in [-0.39, 0.29) is 17.5 Å². The highest BCUT2D eigenvalue weighted by molar-refractivity contribution is 5.92. The van der Waals surface area contributed by atoms with Crippen molar-refractivity contribution in [2.45, 2.75) is 51.1 Å². The maximum absolute atomic E-state index is 13.0. The lowest BCUT2D eigenvalue weighted by atomic mass is 9.88. The summed E-state index contributed by atoms with van der Waals surface area (Å²) in [5.74, 6) is 0.517. The van der Waals surface area contributed by atoms with E-state index in [4.69, 9.17) is 4.98 Å². The Morgan fingerprint density at radius 3 is 2.58 bits per heavy atom. The first-order chi connectivity index (χ1) is 17.6. The Kier molecular flexibility index (Phi) is 7.47. The van der Waals surface area contributed by atoms with E-state index in [0.717, 1.165) is 36.9 Å². The average molecular weight is 487 g/mol. The molecule has 1 unspecified atom stereocenters. The van der Waals surface area contributed by atoms with Crippen LogP contribution >= 0.6 is 0 Å². The molecule has 0 bridgehead atoms. The zero-order valence-corrected chi connectivity index (χ0v) is 20.6. The second-order valence-corrected chi connectivity index (χ2v) is 10.0. The number of rotatable bonds is 8. The van der Waals surface area contributed by atoms with Gasteiger partial charge in [-0.3, -0.25) is 9.69 Å². The number of imidazole rings is 1. The van der Waals surface area contributed by atoms with Gasteiger partial charge >= 0.3 is 5.97 Å². The number of carbonyl (C=O) groups excluding carboxylic acids is 1. The molecule has 0 spiro atoms. The molecule has 1 saturated carbocycles. The molecule has 7 heteroatoms. The van der Waals surface area contributed by atoms with Gasteiger partial charge < -0.3 is 15.0 Å². The Morgan fingerprint density at radius 1 is 1.00 bits per heavy atom. The predicted octanol–water partition coefficient (Wildman–Crippen LogP) is 4.54. The monoisotopic (exact) mass is 486 g/mol. The van der Waals surface area contributed by atoms with Crippen molar-refractivity contribution in [3.05, 3.63) is 89.0 Å². The lowest BCUT2D eigenvalue weighted by Gasteiger charge is -2.39. The number of amides is 1. The molecule has 2 aliphatic rings. The van der Waals surface area contributed by atoms with Crippen molar-refractivity contribution in [1.29, 1.82) is 0 Å². The van der Waals surface area contributed by atoms with Crippen LogP contribution in [-0.2, 0) is 13.0 Å². The first-order valence-corrected chi connectivity index (χ1v) is 13.0. The number of nitrogens with zero attached hydrogens (tertiary/aromatic N) is 3. The zero-order valence-electron chi connectivity index (χ0n) is 20.6. The third-order valence-corrected chi connectivity index (χ3v) is 7.48. The van der Waals surface area contributed by atoms with Gasteiger partial charge in [0.15, 0.2) is 0 Å². The molecule has 1 atom stereocenters. The maximum Gasteiger partial charge on any atom is 0.335 e. The lowest BCUT2D eigenvalue weighted by Crippen LogP contribution is -2.41. The van der Waals surface area contributed by atoms with Gasteiger partial charge in [0.1, 0.15) is 11.5 Å². The van der Waals surface area contributed by atoms with E-state index in [0.29, 0.717) is 18.7 Å². The summed E-state index contributed by atoms with van der Waals surface area (Å²) in [6, 6.07) is 17.4. The fourth-order valence-electron chi connectivity index (χ4n) is 5.63. The Balaban J connectivity index is 1.30. The normalized spacial score (nSPS) is 18.5. The van der Waals surface area contributed by atoms with Crippen molar-refractivity contribution in [3.8, 4) is 0 Å². The number of hydrogen-bond donors (Lipinski definition) is 2. The summed E-state index contributed by atoms with van der Waals surface area (Å²) in [5.41, 5.74) is 2.78. The molecule has 0 saturated heterocycles. The van der Waals surface area contributed by atoms with Crippen LogP contribution in [0.2, 0.25) is 0 Å². The molecule has 0 radical (unpaired) electrons. The molecule has 1 amide bonds. The Morgan fingerprint density at radius 2 is 1.81 bits per heavy atom. The number of nitrogens with one attached hydrogen (secondary N) is 1. The standard InChI is InChI=1S/C29H34N4O3/c34-28(30-15-14-21-10-7-13-24(18-21)29(35)36)25-20-33-17-16-32(19-22-8-3-1-4-9-22)26(27(33)31-25)23-11-5-2-6-12-23/h2,5-7,10-13,18,20,22,26H,1,3-4,8-9,14-17,19H2,(H,30,34)(H,35,36). The van der Waals surface area contributed by atoms with E-state index in [1.54, 1.807) is 18.2 Å². The second kappa shape index (κ2) is 11.1. The SMILES string of the molecule is O=C(O)c1cccc(CCNC(=O)c2cn3c(n2)C(c2ccccc2)N(CC2CCCCC2)CC3)c1. The molecule has 1 aromatic heterocycles. The molecule has 1 fully saturated rings. The van der Waals surface area contributed by atoms with Crippen molar-refractivity contribution in [1.82, 2.24) is 19.8 Å². The van der Waals surface area contributed by atoms with Gasteiger partial charge in [0.2, 0.25) is 0 Å². The van der Waals surface area contributed by atoms with Crippen LogP contribution in [0, 0.1) is 5.92 Å². The molecule has 36 heavy (non-hydrogen) atoms. The molecular formula is C29H34N4O3. The van der Waals surface area contributed by atoms with Gasteiger partial charge in [0.25, 0.3) is 5.91 Å². The minimum absolute atomic E-state index is 0.0437. The number of aromatic nitrogens is 2. The smallest absolute Gasteiger partial charge is 0.335 e. The predicted molar refractivity (Wildman–Crippen MR) is 138 cm³/mol. The lowest BCUT2D eigenvalue weighted by molar-refractivity contribution is 0.0696. The van der Waals surface area contributed by atoms with E-state index in [1.807, 2.05) is 18.3 Å². The molecular weight excluding hydrogens is 452 g/mol. The van der Waals surface area contributed by atoms with Crippen molar-refractivity contribution >= 4 is 11.9 Å². The number of benzene rings is 2. The quantitative estimate of drug-likeness (QED) is 0.488. The fraction of sp³-hybridized carbons (Fsp3) is 0.414. The number of fused-ring (bicyclic) bond motifs is 1. The number of hydrogen-bond acceptors (Lipinski definition) is 4. The highest BCUT2D eigenvalue weighted by Crippen LogP contribution is 2.34. The highest BCUT2D eigenvalue weighted by atomic mass is 16.4. The van der Waals surface area contributed by atoms with E-state index >= 15 is 0 Å². The van der Waals surface area contributed by atoms with Gasteiger partial charge in [0, 0.05) is 32.4 Å². The Labute approximate surface area is 212 Å². The fourth-order valence-corrected chi connectivity index (χ4v) is 5.63. The van der Waals surface area contributed by atoms with Crippen LogP contribution in [0.1, 0.15) is 75.9 Å². The molecule has 1 aliphatic carbocycles. The van der Waals surface area contributed by atoms with Gasteiger partial charge in [-0.25, -0.2) is 9.78 Å². The minimum atomic E-state index is -0.949. The Bertz CT molecular complexity index is 1200. The maximum atomic E-state index is 13.0. The van der Waals surface area contributed by atoms with Crippen LogP contribution in [-0.4, -0.2) is 51.1 Å². The van der Waals surface area contributed by atoms with E-state index in [9.17, 15) is 14.7 Å². The van der Waals surface area contributed by atoms with E-state index < -0.39 is 5.97 Å². The summed E-state index contributed by atoms with van der Waals surface area (Å²) in [6.45, 7) is 3.26. The molecule has 7 nitrogen and oxygen atoms in total. The average Bonchev–Trinajstić information content (AvgIpc) is 3.34. The first-order valence-electron chi connectivity index (χ1n) is 13.0. The summed E-state index contributed by atoms with van der Waals surface area (Å²) in [6.07, 6.45) is 9.05. The van der Waals surface area contributed by atoms with Crippen molar-refractivity contribution < 1.29 is 14.7 Å². The molecule has 5 rings (SSSR count). The van der Waals surface area contributed by atoms with E-state index in [2.05, 4.69) is 39.0 Å². The third kappa shape index (κ3) is 5.51. The van der Waals surface area contributed by atoms with Gasteiger partial charge in [-0.15, -0.1) is 0 Å². The molecule has 2 heterocycles. The van der Waals surface area contributed by atoms with Crippen molar-refractivity contribution in [2.24, 2.45) is 5.92 Å². The molecule has 1 aliphatic heterocycles. The number of carboxylic acids is 1. The molecule has 2 aromatic carbocycles. The molecule has 2 N–H and O–H groups in total. The third-order valence-electron chi connectivity index (χ3n) is 7.48. The summed E-state index contributed by atoms with van der Waals surface area (Å²) >= 11 is 0. The summed E-state index contributed by atoms with van der Waals surface area (Å²) in [7, 11) is 0. The molecule has 3 aromatic rings. The largest absolute Gasteiger partial charge is 0.478 e. The first kappa shape index (κ1) is 24.3. The van der Waals surface area contributed by atoms with Gasteiger partial charge in [-0.2, -0.15) is 0 Å². The van der Waals surface area contributed by atoms with Gasteiger partial charge in [-0.1, -0.05) is 61.7 Å². The van der Waals surface area contributed by atoms with Crippen LogP contribution < -0.4 is 5.32 Å². The molecule has 188 valence electrons. The minimum Gasteiger partial charge on any atom is -0.478 e. The number of aromatic carboxylic acids is 1. The van der Waals surface area contributed by atoms with E-state index in [1.165, 1.54) is 37.7 Å². The zero-order chi connectivity index (χ0) is 24.9. The van der Waals surface area contributed by atoms with Gasteiger partial charge in [0.05, 0.1) is 11.6 Å². The van der Waals surface area contributed by atoms with Crippen molar-refractivity contribution in [3.63, 3.8) is 0 Å². The second-order valence-electron chi connectivity index (χ2n) is 10.0. The van der Waals surface area contributed by atoms with Crippen molar-refractivity contribution in [2.75, 3.05) is 19.6 Å².